The molecule has 4 rings (SSSR count). The van der Waals surface area contributed by atoms with Crippen LogP contribution in [-0.2, 0) is 103 Å². The van der Waals surface area contributed by atoms with Gasteiger partial charge in [0.2, 0.25) is 35.1 Å². The van der Waals surface area contributed by atoms with Crippen LogP contribution in [0.25, 0.3) is 22.6 Å². The summed E-state index contributed by atoms with van der Waals surface area (Å²) in [6.45, 7) is -5.76. The van der Waals surface area contributed by atoms with Crippen LogP contribution in [0.1, 0.15) is 101 Å². The van der Waals surface area contributed by atoms with Crippen molar-refractivity contribution >= 4 is 111 Å². The van der Waals surface area contributed by atoms with Crippen LogP contribution in [0.3, 0.4) is 0 Å². The first kappa shape index (κ1) is 95.7. The van der Waals surface area contributed by atoms with Crippen LogP contribution in [0.5, 0.6) is 0 Å². The molecule has 39 heteroatoms. The van der Waals surface area contributed by atoms with Gasteiger partial charge in [0.15, 0.2) is 6.20 Å². The minimum atomic E-state index is -1.63. The quantitative estimate of drug-likeness (QED) is 0.0265. The number of hydrogen-bond donors (Lipinski definition) is 14. The number of para-hydroxylation sites is 2. The summed E-state index contributed by atoms with van der Waals surface area (Å²) in [6.07, 6.45) is 8.04. The Labute approximate surface area is 657 Å². The van der Waals surface area contributed by atoms with E-state index in [1.807, 2.05) is 55.9 Å². The number of unbranched alkanes of at least 4 members (excludes halogenated alkanes) is 3. The number of fused-ring (bicyclic) bond motifs is 2. The Hall–Kier alpha value is -10.7. The van der Waals surface area contributed by atoms with Gasteiger partial charge < -0.3 is 106 Å². The second-order valence-corrected chi connectivity index (χ2v) is 26.6. The second-order valence-electron chi connectivity index (χ2n) is 26.6. The van der Waals surface area contributed by atoms with Gasteiger partial charge in [-0.15, -0.1) is 0 Å². The van der Waals surface area contributed by atoms with E-state index in [1.54, 1.807) is 0 Å². The Kier molecular flexibility index (Phi) is 44.8. The zero-order valence-electron chi connectivity index (χ0n) is 63.8. The van der Waals surface area contributed by atoms with Crippen molar-refractivity contribution in [3.63, 3.8) is 0 Å². The largest absolute Gasteiger partial charge is 0.480 e. The average molecular weight is 1610 g/mol. The fourth-order valence-corrected chi connectivity index (χ4v) is 12.1. The number of rotatable bonds is 65. The van der Waals surface area contributed by atoms with Crippen molar-refractivity contribution in [2.45, 2.75) is 114 Å². The van der Waals surface area contributed by atoms with Gasteiger partial charge in [-0.2, -0.15) is 0 Å². The van der Waals surface area contributed by atoms with E-state index in [0.717, 1.165) is 48.0 Å². The van der Waals surface area contributed by atoms with Gasteiger partial charge >= 0.3 is 53.7 Å². The van der Waals surface area contributed by atoms with Crippen LogP contribution in [0.4, 0.5) is 5.69 Å². The molecular weight excluding hydrogens is 1500 g/mol. The first-order chi connectivity index (χ1) is 54.5. The van der Waals surface area contributed by atoms with E-state index in [9.17, 15) is 113 Å². The molecule has 3 aromatic rings. The Morgan fingerprint density at radius 1 is 0.430 bits per heavy atom. The SMILES string of the molecule is C[n+]1ccc(C=C2C=CN(CCC(=O)NCCOCCOCCOCCC(=O)NC(COCCC(=O)NCCCCC(C(=O)O)N(CC(=O)O)CC(=O)O)(COCCC(=O)NCCCCC(C(=O)O)N(CC(=O)O)CC(=O)O)COCCC(=O)NCCCCC(C(=O)O)N(CC(=O)O)CC(=O)O)c3ccccc32)c2ccccc21. The number of aromatic nitrogens is 1. The molecule has 39 nitrogen and oxygen atoms in total. The molecule has 0 aliphatic carbocycles. The number of carbonyl (C=O) groups excluding carboxylic acids is 5. The fraction of sp³-hybridized carbons (Fsp3) is 0.560. The Bertz CT molecular complexity index is 3480. The van der Waals surface area contributed by atoms with Crippen molar-refractivity contribution in [3.8, 4) is 0 Å². The lowest BCUT2D eigenvalue weighted by Gasteiger charge is -2.34. The number of anilines is 1. The monoisotopic (exact) mass is 1610 g/mol. The van der Waals surface area contributed by atoms with Gasteiger partial charge in [-0.05, 0) is 93.2 Å². The van der Waals surface area contributed by atoms with Crippen molar-refractivity contribution in [1.82, 2.24) is 41.3 Å². The van der Waals surface area contributed by atoms with Gasteiger partial charge in [0, 0.05) is 94.4 Å². The predicted molar refractivity (Wildman–Crippen MR) is 403 cm³/mol. The molecule has 630 valence electrons. The molecule has 2 heterocycles. The van der Waals surface area contributed by atoms with E-state index in [1.165, 1.54) is 0 Å². The number of ether oxygens (including phenoxy) is 6. The number of carbonyl (C=O) groups is 14. The first-order valence-corrected chi connectivity index (χ1v) is 37.2. The fourth-order valence-electron chi connectivity index (χ4n) is 12.1. The third-order valence-electron chi connectivity index (χ3n) is 17.6. The van der Waals surface area contributed by atoms with Crippen LogP contribution in [0.2, 0.25) is 0 Å². The number of carboxylic acid groups (broad SMARTS) is 9. The molecule has 1 aliphatic heterocycles. The highest BCUT2D eigenvalue weighted by Gasteiger charge is 2.36. The zero-order valence-corrected chi connectivity index (χ0v) is 63.8. The lowest BCUT2D eigenvalue weighted by molar-refractivity contribution is -0.644. The smallest absolute Gasteiger partial charge is 0.320 e. The second kappa shape index (κ2) is 53.4. The molecule has 114 heavy (non-hydrogen) atoms. The zero-order chi connectivity index (χ0) is 83.8. The van der Waals surface area contributed by atoms with Gasteiger partial charge in [0.05, 0.1) is 124 Å². The van der Waals surface area contributed by atoms with Crippen LogP contribution in [0, 0.1) is 0 Å². The van der Waals surface area contributed by atoms with Crippen LogP contribution in [-0.4, -0.2) is 319 Å². The molecule has 0 saturated heterocycles. The molecule has 5 amide bonds. The Morgan fingerprint density at radius 3 is 1.23 bits per heavy atom. The van der Waals surface area contributed by atoms with Crippen molar-refractivity contribution in [3.05, 3.63) is 84.2 Å². The summed E-state index contributed by atoms with van der Waals surface area (Å²) in [5.41, 5.74) is 3.64. The number of pyridine rings is 1. The molecule has 3 atom stereocenters. The maximum Gasteiger partial charge on any atom is 0.320 e. The van der Waals surface area contributed by atoms with Gasteiger partial charge in [0.1, 0.15) is 30.7 Å². The summed E-state index contributed by atoms with van der Waals surface area (Å²) in [5, 5.41) is 99.5. The summed E-state index contributed by atoms with van der Waals surface area (Å²) in [5.74, 6) is -15.3. The summed E-state index contributed by atoms with van der Waals surface area (Å²) in [7, 11) is 2.01. The molecule has 0 saturated carbocycles. The van der Waals surface area contributed by atoms with Crippen LogP contribution < -0.4 is 36.1 Å². The van der Waals surface area contributed by atoms with Crippen molar-refractivity contribution in [1.29, 1.82) is 0 Å². The summed E-state index contributed by atoms with van der Waals surface area (Å²) in [6, 6.07) is 14.0. The van der Waals surface area contributed by atoms with E-state index >= 15 is 0 Å². The summed E-state index contributed by atoms with van der Waals surface area (Å²) in [4.78, 5) is 174. The summed E-state index contributed by atoms with van der Waals surface area (Å²) >= 11 is 0. The number of aryl methyl sites for hydroxylation is 1. The van der Waals surface area contributed by atoms with E-state index in [4.69, 9.17) is 28.4 Å². The molecule has 0 fully saturated rings. The highest BCUT2D eigenvalue weighted by molar-refractivity contribution is 5.99. The molecule has 0 radical (unpaired) electrons. The maximum atomic E-state index is 13.9. The van der Waals surface area contributed by atoms with Crippen LogP contribution in [0.15, 0.2) is 73.1 Å². The minimum Gasteiger partial charge on any atom is -0.480 e. The molecular formula is C75H107N10O29+. The van der Waals surface area contributed by atoms with E-state index in [0.29, 0.717) is 6.54 Å². The predicted octanol–water partition coefficient (Wildman–Crippen LogP) is 0.193. The third kappa shape index (κ3) is 38.7. The number of amides is 5. The molecule has 2 aromatic carbocycles. The highest BCUT2D eigenvalue weighted by atomic mass is 16.5. The lowest BCUT2D eigenvalue weighted by Crippen LogP contribution is -2.59. The van der Waals surface area contributed by atoms with Gasteiger partial charge in [0.25, 0.3) is 0 Å². The number of hydrogen-bond acceptors (Lipinski definition) is 24. The number of aliphatic carboxylic acids is 9. The topological polar surface area (TPSA) is 553 Å². The Morgan fingerprint density at radius 2 is 0.798 bits per heavy atom. The Balaban J connectivity index is 1.34. The standard InChI is InChI=1S/C75H106N10O29/c1-81-30-19-52(54-12-2-4-14-56(54)81)42-53-20-31-82(57-15-5-3-13-55(53)57)32-21-61(86)79-29-37-110-39-41-111-40-38-109-33-25-65(90)80-75(49-112-34-22-62(87)76-26-9-6-16-58(72(103)104)83(43-66(91)92)44-67(93)94,50-113-35-23-63(88)77-27-10-7-17-59(73(105)106)84(45-68(95)96)46-69(97)98)51-114-36-24-64(89)78-28-11-8-18-60(74(107)108)85(47-70(99)100)48-71(101)102/h2-5,12-15,19-20,30-31,42,58-60H,6-11,16-18,21-29,32-41,43-51H2,1H3,(H13-,76,77,78,79,80,86,87,88,89,90,91,92,93,94,95,96,97,98,99,100,101,102,103,104,105,106,107,108)/p+1. The van der Waals surface area contributed by atoms with Crippen molar-refractivity contribution in [2.75, 3.05) is 156 Å². The number of nitrogens with zero attached hydrogens (tertiary/aromatic N) is 5. The van der Waals surface area contributed by atoms with Gasteiger partial charge in [-0.25, -0.2) is 4.57 Å². The molecule has 14 N–H and O–H groups in total. The third-order valence-corrected chi connectivity index (χ3v) is 17.6. The number of benzene rings is 2. The van der Waals surface area contributed by atoms with Crippen LogP contribution >= 0.6 is 0 Å². The van der Waals surface area contributed by atoms with Gasteiger partial charge in [-0.1, -0.05) is 30.3 Å². The normalized spacial score (nSPS) is 13.5. The molecule has 1 aliphatic rings. The minimum absolute atomic E-state index is 0.0287. The number of carboxylic acids is 9. The summed E-state index contributed by atoms with van der Waals surface area (Å²) < 4.78 is 37.0. The van der Waals surface area contributed by atoms with Crippen molar-refractivity contribution < 1.29 is 146 Å². The molecule has 0 bridgehead atoms. The van der Waals surface area contributed by atoms with Crippen molar-refractivity contribution in [2.24, 2.45) is 7.05 Å². The van der Waals surface area contributed by atoms with E-state index in [-0.39, 0.29) is 181 Å². The molecule has 0 spiro atoms. The highest BCUT2D eigenvalue weighted by Crippen LogP contribution is 2.35. The van der Waals surface area contributed by atoms with Gasteiger partial charge in [-0.3, -0.25) is 81.8 Å². The van der Waals surface area contributed by atoms with E-state index < -0.39 is 160 Å². The molecule has 1 aromatic heterocycles. The first-order valence-electron chi connectivity index (χ1n) is 37.2. The number of allylic oxidation sites excluding steroid dienone is 2. The lowest BCUT2D eigenvalue weighted by atomic mass is 9.96. The average Bonchev–Trinajstić information content (AvgIpc) is 0.786. The maximum absolute atomic E-state index is 13.9. The van der Waals surface area contributed by atoms with E-state index in [2.05, 4.69) is 66.4 Å². The number of nitrogens with one attached hydrogen (secondary N) is 5. The molecule has 3 unspecified atom stereocenters.